The molecule has 2 aliphatic carbocycles. The topological polar surface area (TPSA) is 15.3 Å². The summed E-state index contributed by atoms with van der Waals surface area (Å²) in [6.45, 7) is 9.61. The van der Waals surface area contributed by atoms with Gasteiger partial charge in [0, 0.05) is 30.7 Å². The van der Waals surface area contributed by atoms with Crippen molar-refractivity contribution in [3.63, 3.8) is 0 Å². The summed E-state index contributed by atoms with van der Waals surface area (Å²) < 4.78 is 0. The summed E-state index contributed by atoms with van der Waals surface area (Å²) >= 11 is 0. The van der Waals surface area contributed by atoms with E-state index < -0.39 is 0 Å². The normalized spacial score (nSPS) is 36.4. The first kappa shape index (κ1) is 15.8. The summed E-state index contributed by atoms with van der Waals surface area (Å²) in [5.41, 5.74) is 0.352. The van der Waals surface area contributed by atoms with Crippen molar-refractivity contribution in [2.24, 2.45) is 11.8 Å². The molecule has 3 rings (SSSR count). The third-order valence-electron chi connectivity index (χ3n) is 6.45. The molecular weight excluding hydrogens is 256 g/mol. The fourth-order valence-electron chi connectivity index (χ4n) is 5.08. The molecule has 0 radical (unpaired) electrons. The summed E-state index contributed by atoms with van der Waals surface area (Å²) in [5.74, 6) is 2.14. The van der Waals surface area contributed by atoms with Crippen molar-refractivity contribution in [2.75, 3.05) is 13.1 Å². The molecule has 3 fully saturated rings. The number of piperidine rings is 1. The van der Waals surface area contributed by atoms with Gasteiger partial charge in [-0.15, -0.1) is 0 Å². The minimum Gasteiger partial charge on any atom is -0.311 e. The van der Waals surface area contributed by atoms with E-state index in [9.17, 15) is 0 Å². The Morgan fingerprint density at radius 2 is 1.43 bits per heavy atom. The minimum absolute atomic E-state index is 0.352. The number of nitrogens with zero attached hydrogens (tertiary/aromatic N) is 1. The molecule has 0 aromatic carbocycles. The van der Waals surface area contributed by atoms with Gasteiger partial charge in [0.1, 0.15) is 0 Å². The Morgan fingerprint density at radius 3 is 2.10 bits per heavy atom. The highest BCUT2D eigenvalue weighted by atomic mass is 15.2. The zero-order valence-corrected chi connectivity index (χ0v) is 14.5. The van der Waals surface area contributed by atoms with E-state index in [4.69, 9.17) is 0 Å². The molecule has 0 aromatic heterocycles. The first-order chi connectivity index (χ1) is 10.0. The highest BCUT2D eigenvalue weighted by molar-refractivity contribution is 4.90. The summed E-state index contributed by atoms with van der Waals surface area (Å²) in [7, 11) is 0. The monoisotopic (exact) mass is 292 g/mol. The standard InChI is InChI=1S/C19H36N2/c1-19(2,3)21-12-10-17(11-13-21)20-18-9-8-15-6-4-5-7-16(15)14-18/h15-18,20H,4-14H2,1-3H3. The minimum atomic E-state index is 0.352. The number of likely N-dealkylation sites (tertiary alicyclic amines) is 1. The van der Waals surface area contributed by atoms with Crippen molar-refractivity contribution in [3.05, 3.63) is 0 Å². The van der Waals surface area contributed by atoms with Gasteiger partial charge in [0.2, 0.25) is 0 Å². The second-order valence-electron chi connectivity index (χ2n) is 8.91. The molecule has 122 valence electrons. The lowest BCUT2D eigenvalue weighted by Gasteiger charge is -2.44. The van der Waals surface area contributed by atoms with Gasteiger partial charge in [-0.05, 0) is 64.7 Å². The predicted octanol–water partition coefficient (Wildman–Crippen LogP) is 4.20. The van der Waals surface area contributed by atoms with Crippen LogP contribution < -0.4 is 5.32 Å². The summed E-state index contributed by atoms with van der Waals surface area (Å²) in [6.07, 6.45) is 13.2. The Labute approximate surface area is 132 Å². The second kappa shape index (κ2) is 6.58. The molecule has 0 bridgehead atoms. The van der Waals surface area contributed by atoms with E-state index in [1.807, 2.05) is 0 Å². The molecule has 0 amide bonds. The molecule has 0 aromatic rings. The number of hydrogen-bond donors (Lipinski definition) is 1. The Morgan fingerprint density at radius 1 is 0.762 bits per heavy atom. The van der Waals surface area contributed by atoms with Crippen LogP contribution in [-0.4, -0.2) is 35.6 Å². The predicted molar refractivity (Wildman–Crippen MR) is 90.6 cm³/mol. The Balaban J connectivity index is 1.43. The van der Waals surface area contributed by atoms with Crippen LogP contribution in [0.15, 0.2) is 0 Å². The molecule has 3 unspecified atom stereocenters. The molecule has 3 aliphatic rings. The van der Waals surface area contributed by atoms with Gasteiger partial charge >= 0.3 is 0 Å². The van der Waals surface area contributed by atoms with Crippen molar-refractivity contribution in [1.29, 1.82) is 0 Å². The highest BCUT2D eigenvalue weighted by Crippen LogP contribution is 2.40. The number of hydrogen-bond acceptors (Lipinski definition) is 2. The molecule has 2 nitrogen and oxygen atoms in total. The van der Waals surface area contributed by atoms with E-state index in [1.54, 1.807) is 0 Å². The largest absolute Gasteiger partial charge is 0.311 e. The lowest BCUT2D eigenvalue weighted by atomic mass is 9.69. The van der Waals surface area contributed by atoms with E-state index >= 15 is 0 Å². The van der Waals surface area contributed by atoms with Gasteiger partial charge in [-0.2, -0.15) is 0 Å². The number of rotatable bonds is 2. The van der Waals surface area contributed by atoms with Crippen LogP contribution in [0.25, 0.3) is 0 Å². The van der Waals surface area contributed by atoms with Crippen LogP contribution in [0, 0.1) is 11.8 Å². The van der Waals surface area contributed by atoms with Crippen LogP contribution in [0.1, 0.15) is 78.6 Å². The molecule has 1 saturated heterocycles. The first-order valence-electron chi connectivity index (χ1n) is 9.53. The van der Waals surface area contributed by atoms with E-state index in [-0.39, 0.29) is 0 Å². The van der Waals surface area contributed by atoms with Gasteiger partial charge in [-0.25, -0.2) is 0 Å². The fourth-order valence-corrected chi connectivity index (χ4v) is 5.08. The van der Waals surface area contributed by atoms with Gasteiger partial charge in [0.15, 0.2) is 0 Å². The third-order valence-corrected chi connectivity index (χ3v) is 6.45. The van der Waals surface area contributed by atoms with Crippen LogP contribution in [0.4, 0.5) is 0 Å². The van der Waals surface area contributed by atoms with Gasteiger partial charge in [0.05, 0.1) is 0 Å². The van der Waals surface area contributed by atoms with E-state index in [0.717, 1.165) is 23.9 Å². The summed E-state index contributed by atoms with van der Waals surface area (Å²) in [6, 6.07) is 1.62. The van der Waals surface area contributed by atoms with Gasteiger partial charge < -0.3 is 5.32 Å². The lowest BCUT2D eigenvalue weighted by Crippen LogP contribution is -2.52. The van der Waals surface area contributed by atoms with Gasteiger partial charge in [-0.1, -0.05) is 25.7 Å². The molecule has 1 N–H and O–H groups in total. The molecule has 2 heteroatoms. The molecular formula is C19H36N2. The van der Waals surface area contributed by atoms with Gasteiger partial charge in [-0.3, -0.25) is 4.90 Å². The smallest absolute Gasteiger partial charge is 0.0125 e. The van der Waals surface area contributed by atoms with Crippen molar-refractivity contribution in [2.45, 2.75) is 96.2 Å². The molecule has 0 spiro atoms. The number of fused-ring (bicyclic) bond motifs is 1. The van der Waals surface area contributed by atoms with E-state index in [2.05, 4.69) is 31.0 Å². The SMILES string of the molecule is CC(C)(C)N1CCC(NC2CCC3CCCCC3C2)CC1. The van der Waals surface area contributed by atoms with Crippen LogP contribution in [0.5, 0.6) is 0 Å². The Kier molecular flexibility index (Phi) is 4.95. The molecule has 3 atom stereocenters. The van der Waals surface area contributed by atoms with Gasteiger partial charge in [0.25, 0.3) is 0 Å². The molecule has 2 saturated carbocycles. The zero-order valence-electron chi connectivity index (χ0n) is 14.5. The third kappa shape index (κ3) is 4.01. The maximum atomic E-state index is 4.04. The maximum absolute atomic E-state index is 4.04. The highest BCUT2D eigenvalue weighted by Gasteiger charge is 2.34. The molecule has 1 aliphatic heterocycles. The average Bonchev–Trinajstić information content (AvgIpc) is 2.47. The van der Waals surface area contributed by atoms with E-state index in [0.29, 0.717) is 5.54 Å². The van der Waals surface area contributed by atoms with Crippen molar-refractivity contribution < 1.29 is 0 Å². The molecule has 1 heterocycles. The zero-order chi connectivity index (χ0) is 14.9. The van der Waals surface area contributed by atoms with Crippen LogP contribution in [0.2, 0.25) is 0 Å². The fraction of sp³-hybridized carbons (Fsp3) is 1.00. The number of nitrogens with one attached hydrogen (secondary N) is 1. The van der Waals surface area contributed by atoms with E-state index in [1.165, 1.54) is 70.9 Å². The first-order valence-corrected chi connectivity index (χ1v) is 9.53. The second-order valence-corrected chi connectivity index (χ2v) is 8.91. The van der Waals surface area contributed by atoms with Crippen LogP contribution in [0.3, 0.4) is 0 Å². The average molecular weight is 293 g/mol. The Hall–Kier alpha value is -0.0800. The van der Waals surface area contributed by atoms with Crippen LogP contribution >= 0.6 is 0 Å². The van der Waals surface area contributed by atoms with Crippen molar-refractivity contribution in [1.82, 2.24) is 10.2 Å². The van der Waals surface area contributed by atoms with Crippen LogP contribution in [-0.2, 0) is 0 Å². The maximum Gasteiger partial charge on any atom is 0.0125 e. The van der Waals surface area contributed by atoms with Crippen molar-refractivity contribution in [3.8, 4) is 0 Å². The van der Waals surface area contributed by atoms with Crippen molar-refractivity contribution >= 4 is 0 Å². The summed E-state index contributed by atoms with van der Waals surface area (Å²) in [5, 5.41) is 4.04. The summed E-state index contributed by atoms with van der Waals surface area (Å²) in [4.78, 5) is 2.66. The lowest BCUT2D eigenvalue weighted by molar-refractivity contribution is 0.0842. The molecule has 21 heavy (non-hydrogen) atoms. The quantitative estimate of drug-likeness (QED) is 0.820. The Bertz CT molecular complexity index is 325.